The molecule has 0 bridgehead atoms. The van der Waals surface area contributed by atoms with Crippen LogP contribution in [0.1, 0.15) is 72.1 Å². The molecule has 0 spiro atoms. The van der Waals surface area contributed by atoms with Crippen LogP contribution in [-0.4, -0.2) is 11.6 Å². The van der Waals surface area contributed by atoms with E-state index in [9.17, 15) is 0 Å². The van der Waals surface area contributed by atoms with Crippen molar-refractivity contribution in [3.8, 4) is 0 Å². The molecule has 1 fully saturated rings. The highest BCUT2D eigenvalue weighted by Crippen LogP contribution is 2.20. The Hall–Kier alpha value is -0.0400. The first-order valence-electron chi connectivity index (χ1n) is 6.42. The van der Waals surface area contributed by atoms with Crippen molar-refractivity contribution in [3.05, 3.63) is 0 Å². The van der Waals surface area contributed by atoms with Gasteiger partial charge in [0.15, 0.2) is 0 Å². The molecule has 1 aliphatic carbocycles. The molecular weight excluding hydrogens is 170 g/mol. The summed E-state index contributed by atoms with van der Waals surface area (Å²) in [6.07, 6.45) is 11.2. The summed E-state index contributed by atoms with van der Waals surface area (Å²) < 4.78 is 0. The Morgan fingerprint density at radius 2 is 1.50 bits per heavy atom. The minimum absolute atomic E-state index is 0.337. The van der Waals surface area contributed by atoms with Gasteiger partial charge in [-0.05, 0) is 33.1 Å². The van der Waals surface area contributed by atoms with Gasteiger partial charge in [0.05, 0.1) is 0 Å². The standard InChI is InChI=1S/C13H27N/c1-4-13(2,3)14-12-10-8-6-5-7-9-11-12/h12,14H,4-11H2,1-3H3. The van der Waals surface area contributed by atoms with Crippen molar-refractivity contribution in [2.24, 2.45) is 0 Å². The maximum Gasteiger partial charge on any atom is 0.0125 e. The van der Waals surface area contributed by atoms with Gasteiger partial charge in [-0.3, -0.25) is 0 Å². The molecule has 0 aromatic heterocycles. The molecule has 0 aromatic rings. The van der Waals surface area contributed by atoms with Crippen LogP contribution in [0, 0.1) is 0 Å². The zero-order valence-corrected chi connectivity index (χ0v) is 10.2. The summed E-state index contributed by atoms with van der Waals surface area (Å²) in [7, 11) is 0. The van der Waals surface area contributed by atoms with Gasteiger partial charge >= 0.3 is 0 Å². The average Bonchev–Trinajstić information content (AvgIpc) is 2.10. The quantitative estimate of drug-likeness (QED) is 0.724. The largest absolute Gasteiger partial charge is 0.309 e. The Bertz CT molecular complexity index is 143. The van der Waals surface area contributed by atoms with Crippen LogP contribution in [0.3, 0.4) is 0 Å². The summed E-state index contributed by atoms with van der Waals surface area (Å²) in [6, 6.07) is 0.783. The number of hydrogen-bond donors (Lipinski definition) is 1. The molecule has 0 atom stereocenters. The summed E-state index contributed by atoms with van der Waals surface area (Å²) >= 11 is 0. The minimum atomic E-state index is 0.337. The molecule has 0 aliphatic heterocycles. The molecule has 0 unspecified atom stereocenters. The molecule has 14 heavy (non-hydrogen) atoms. The van der Waals surface area contributed by atoms with Crippen LogP contribution >= 0.6 is 0 Å². The molecule has 0 aromatic carbocycles. The first-order valence-corrected chi connectivity index (χ1v) is 6.42. The van der Waals surface area contributed by atoms with Gasteiger partial charge in [-0.1, -0.05) is 39.0 Å². The monoisotopic (exact) mass is 197 g/mol. The SMILES string of the molecule is CCC(C)(C)NC1CCCCCCC1. The van der Waals surface area contributed by atoms with E-state index in [4.69, 9.17) is 0 Å². The fourth-order valence-electron chi connectivity index (χ4n) is 2.26. The second-order valence-corrected chi connectivity index (χ2v) is 5.42. The normalized spacial score (nSPS) is 21.6. The molecular formula is C13H27N. The van der Waals surface area contributed by atoms with E-state index in [-0.39, 0.29) is 0 Å². The third-order valence-corrected chi connectivity index (χ3v) is 3.58. The highest BCUT2D eigenvalue weighted by atomic mass is 15.0. The predicted molar refractivity (Wildman–Crippen MR) is 63.6 cm³/mol. The van der Waals surface area contributed by atoms with Crippen molar-refractivity contribution < 1.29 is 0 Å². The number of hydrogen-bond acceptors (Lipinski definition) is 1. The number of nitrogens with one attached hydrogen (secondary N) is 1. The molecule has 1 heteroatoms. The van der Waals surface area contributed by atoms with E-state index < -0.39 is 0 Å². The lowest BCUT2D eigenvalue weighted by molar-refractivity contribution is 0.284. The third kappa shape index (κ3) is 4.45. The van der Waals surface area contributed by atoms with Crippen LogP contribution in [0.15, 0.2) is 0 Å². The molecule has 1 nitrogen and oxygen atoms in total. The van der Waals surface area contributed by atoms with Gasteiger partial charge in [0.25, 0.3) is 0 Å². The fraction of sp³-hybridized carbons (Fsp3) is 1.00. The average molecular weight is 197 g/mol. The van der Waals surface area contributed by atoms with E-state index in [0.717, 1.165) is 6.04 Å². The minimum Gasteiger partial charge on any atom is -0.309 e. The molecule has 1 rings (SSSR count). The van der Waals surface area contributed by atoms with Gasteiger partial charge in [-0.15, -0.1) is 0 Å². The second-order valence-electron chi connectivity index (χ2n) is 5.42. The smallest absolute Gasteiger partial charge is 0.0125 e. The molecule has 1 N–H and O–H groups in total. The Morgan fingerprint density at radius 3 is 2.00 bits per heavy atom. The number of rotatable bonds is 3. The lowest BCUT2D eigenvalue weighted by Crippen LogP contribution is -2.45. The highest BCUT2D eigenvalue weighted by molar-refractivity contribution is 4.81. The van der Waals surface area contributed by atoms with Gasteiger partial charge < -0.3 is 5.32 Å². The van der Waals surface area contributed by atoms with Crippen LogP contribution in [0.2, 0.25) is 0 Å². The van der Waals surface area contributed by atoms with E-state index in [1.807, 2.05) is 0 Å². The van der Waals surface area contributed by atoms with Crippen molar-refractivity contribution in [1.82, 2.24) is 5.32 Å². The lowest BCUT2D eigenvalue weighted by Gasteiger charge is -2.32. The predicted octanol–water partition coefficient (Wildman–Crippen LogP) is 3.88. The zero-order valence-electron chi connectivity index (χ0n) is 10.2. The topological polar surface area (TPSA) is 12.0 Å². The van der Waals surface area contributed by atoms with E-state index in [0.29, 0.717) is 5.54 Å². The molecule has 1 saturated carbocycles. The summed E-state index contributed by atoms with van der Waals surface area (Å²) in [4.78, 5) is 0. The molecule has 0 saturated heterocycles. The van der Waals surface area contributed by atoms with Crippen LogP contribution < -0.4 is 5.32 Å². The van der Waals surface area contributed by atoms with Crippen molar-refractivity contribution in [1.29, 1.82) is 0 Å². The van der Waals surface area contributed by atoms with Gasteiger partial charge in [0.1, 0.15) is 0 Å². The third-order valence-electron chi connectivity index (χ3n) is 3.58. The molecule has 1 aliphatic rings. The van der Waals surface area contributed by atoms with Crippen LogP contribution in [0.4, 0.5) is 0 Å². The highest BCUT2D eigenvalue weighted by Gasteiger charge is 2.20. The van der Waals surface area contributed by atoms with Gasteiger partial charge in [-0.25, -0.2) is 0 Å². The van der Waals surface area contributed by atoms with Gasteiger partial charge in [-0.2, -0.15) is 0 Å². The van der Waals surface area contributed by atoms with E-state index >= 15 is 0 Å². The van der Waals surface area contributed by atoms with Crippen LogP contribution in [0.25, 0.3) is 0 Å². The summed E-state index contributed by atoms with van der Waals surface area (Å²) in [5, 5.41) is 3.81. The van der Waals surface area contributed by atoms with Crippen LogP contribution in [0.5, 0.6) is 0 Å². The van der Waals surface area contributed by atoms with Gasteiger partial charge in [0.2, 0.25) is 0 Å². The summed E-state index contributed by atoms with van der Waals surface area (Å²) in [5.41, 5.74) is 0.337. The maximum atomic E-state index is 3.81. The lowest BCUT2D eigenvalue weighted by atomic mass is 9.93. The zero-order chi connectivity index (χ0) is 10.4. The first-order chi connectivity index (χ1) is 6.64. The van der Waals surface area contributed by atoms with E-state index in [1.54, 1.807) is 0 Å². The second kappa shape index (κ2) is 5.75. The Morgan fingerprint density at radius 1 is 1.00 bits per heavy atom. The Labute approximate surface area is 89.7 Å². The van der Waals surface area contributed by atoms with Crippen molar-refractivity contribution in [2.75, 3.05) is 0 Å². The van der Waals surface area contributed by atoms with Gasteiger partial charge in [0, 0.05) is 11.6 Å². The van der Waals surface area contributed by atoms with Crippen molar-refractivity contribution in [3.63, 3.8) is 0 Å². The Balaban J connectivity index is 2.33. The van der Waals surface area contributed by atoms with E-state index in [1.165, 1.54) is 51.4 Å². The molecule has 0 heterocycles. The van der Waals surface area contributed by atoms with Crippen molar-refractivity contribution >= 4 is 0 Å². The molecule has 0 amide bonds. The van der Waals surface area contributed by atoms with Crippen molar-refractivity contribution in [2.45, 2.75) is 83.7 Å². The summed E-state index contributed by atoms with van der Waals surface area (Å²) in [5.74, 6) is 0. The summed E-state index contributed by atoms with van der Waals surface area (Å²) in [6.45, 7) is 6.92. The van der Waals surface area contributed by atoms with Crippen LogP contribution in [-0.2, 0) is 0 Å². The first kappa shape index (κ1) is 12.0. The molecule has 0 radical (unpaired) electrons. The molecule has 84 valence electrons. The fourth-order valence-corrected chi connectivity index (χ4v) is 2.26. The van der Waals surface area contributed by atoms with E-state index in [2.05, 4.69) is 26.1 Å². The Kier molecular flexibility index (Phi) is 4.94. The maximum absolute atomic E-state index is 3.81.